The van der Waals surface area contributed by atoms with Gasteiger partial charge in [0.15, 0.2) is 11.5 Å². The Balaban J connectivity index is 1.57. The number of nitriles is 1. The summed E-state index contributed by atoms with van der Waals surface area (Å²) in [5.41, 5.74) is 3.71. The molecule has 0 saturated carbocycles. The molecule has 0 spiro atoms. The molecule has 146 valence electrons. The highest BCUT2D eigenvalue weighted by atomic mass is 16.5. The molecule has 1 N–H and O–H groups in total. The zero-order chi connectivity index (χ0) is 20.2. The van der Waals surface area contributed by atoms with Gasteiger partial charge < -0.3 is 19.7 Å². The molecule has 0 fully saturated rings. The first-order valence-corrected chi connectivity index (χ1v) is 9.29. The van der Waals surface area contributed by atoms with Crippen molar-refractivity contribution in [2.45, 2.75) is 13.0 Å². The fraction of sp³-hybridized carbons (Fsp3) is 0.227. The number of para-hydroxylation sites is 1. The molecule has 4 rings (SSSR count). The van der Waals surface area contributed by atoms with Crippen LogP contribution in [-0.2, 0) is 13.0 Å². The molecule has 7 nitrogen and oxygen atoms in total. The summed E-state index contributed by atoms with van der Waals surface area (Å²) in [6, 6.07) is 15.4. The van der Waals surface area contributed by atoms with E-state index in [2.05, 4.69) is 26.3 Å². The van der Waals surface area contributed by atoms with Crippen molar-refractivity contribution in [1.29, 1.82) is 5.26 Å². The lowest BCUT2D eigenvalue weighted by atomic mass is 9.99. The van der Waals surface area contributed by atoms with Gasteiger partial charge in [0.1, 0.15) is 11.9 Å². The van der Waals surface area contributed by atoms with Gasteiger partial charge in [-0.3, -0.25) is 0 Å². The van der Waals surface area contributed by atoms with E-state index in [-0.39, 0.29) is 0 Å². The van der Waals surface area contributed by atoms with Crippen molar-refractivity contribution >= 4 is 17.5 Å². The summed E-state index contributed by atoms with van der Waals surface area (Å²) in [5, 5.41) is 12.5. The zero-order valence-electron chi connectivity index (χ0n) is 16.3. The van der Waals surface area contributed by atoms with Gasteiger partial charge in [0.05, 0.1) is 25.5 Å². The molecule has 0 aliphatic carbocycles. The number of anilines is 3. The van der Waals surface area contributed by atoms with E-state index in [9.17, 15) is 5.26 Å². The predicted octanol–water partition coefficient (Wildman–Crippen LogP) is 3.67. The van der Waals surface area contributed by atoms with Crippen LogP contribution in [0.25, 0.3) is 0 Å². The Hall–Kier alpha value is -3.79. The highest BCUT2D eigenvalue weighted by Gasteiger charge is 2.21. The molecule has 2 heterocycles. The first-order valence-electron chi connectivity index (χ1n) is 9.29. The van der Waals surface area contributed by atoms with Crippen LogP contribution >= 0.6 is 0 Å². The molecule has 29 heavy (non-hydrogen) atoms. The van der Waals surface area contributed by atoms with Gasteiger partial charge in [0.25, 0.3) is 0 Å². The second-order valence-corrected chi connectivity index (χ2v) is 6.67. The van der Waals surface area contributed by atoms with Gasteiger partial charge in [-0.1, -0.05) is 12.1 Å². The Bertz CT molecular complexity index is 1080. The molecule has 1 aliphatic rings. The monoisotopic (exact) mass is 387 g/mol. The minimum Gasteiger partial charge on any atom is -0.493 e. The molecular formula is C22H21N5O2. The van der Waals surface area contributed by atoms with Crippen LogP contribution in [0.1, 0.15) is 16.7 Å². The number of benzene rings is 2. The Morgan fingerprint density at radius 2 is 1.83 bits per heavy atom. The fourth-order valence-corrected chi connectivity index (χ4v) is 3.45. The summed E-state index contributed by atoms with van der Waals surface area (Å²) >= 11 is 0. The second kappa shape index (κ2) is 8.07. The van der Waals surface area contributed by atoms with Crippen molar-refractivity contribution in [2.24, 2.45) is 0 Å². The van der Waals surface area contributed by atoms with Crippen LogP contribution in [0.4, 0.5) is 17.5 Å². The molecule has 0 amide bonds. The van der Waals surface area contributed by atoms with E-state index in [0.29, 0.717) is 23.9 Å². The van der Waals surface area contributed by atoms with Crippen LogP contribution in [0, 0.1) is 11.3 Å². The summed E-state index contributed by atoms with van der Waals surface area (Å²) in [7, 11) is 3.29. The number of fused-ring (bicyclic) bond motifs is 1. The molecular weight excluding hydrogens is 366 g/mol. The number of rotatable bonds is 5. The van der Waals surface area contributed by atoms with Crippen molar-refractivity contribution in [3.63, 3.8) is 0 Å². The standard InChI is InChI=1S/C22H21N5O2/c1-28-19-11-15-8-10-27(14-17(15)12-20(19)29-2)22-24-9-7-21(26-22)25-18-6-4-3-5-16(18)13-23/h3-7,9,11-12H,8,10,14H2,1-2H3,(H,24,25,26). The number of nitrogens with one attached hydrogen (secondary N) is 1. The van der Waals surface area contributed by atoms with Crippen LogP contribution in [0.15, 0.2) is 48.7 Å². The first-order chi connectivity index (χ1) is 14.2. The number of methoxy groups -OCH3 is 2. The molecule has 3 aromatic rings. The Morgan fingerprint density at radius 3 is 2.59 bits per heavy atom. The number of hydrogen-bond acceptors (Lipinski definition) is 7. The van der Waals surface area contributed by atoms with E-state index in [1.807, 2.05) is 30.3 Å². The topological polar surface area (TPSA) is 83.3 Å². The van der Waals surface area contributed by atoms with Gasteiger partial charge in [0, 0.05) is 19.3 Å². The fourth-order valence-electron chi connectivity index (χ4n) is 3.45. The smallest absolute Gasteiger partial charge is 0.227 e. The Morgan fingerprint density at radius 1 is 1.07 bits per heavy atom. The lowest BCUT2D eigenvalue weighted by molar-refractivity contribution is 0.353. The van der Waals surface area contributed by atoms with E-state index in [1.165, 1.54) is 11.1 Å². The highest BCUT2D eigenvalue weighted by molar-refractivity contribution is 5.64. The Labute approximate surface area is 169 Å². The number of aromatic nitrogens is 2. The quantitative estimate of drug-likeness (QED) is 0.715. The van der Waals surface area contributed by atoms with E-state index < -0.39 is 0 Å². The van der Waals surface area contributed by atoms with Crippen molar-refractivity contribution < 1.29 is 9.47 Å². The molecule has 1 aromatic heterocycles. The molecule has 2 aromatic carbocycles. The average molecular weight is 387 g/mol. The number of nitrogens with zero attached hydrogens (tertiary/aromatic N) is 4. The Kier molecular flexibility index (Phi) is 5.16. The maximum Gasteiger partial charge on any atom is 0.227 e. The van der Waals surface area contributed by atoms with Gasteiger partial charge in [-0.25, -0.2) is 4.98 Å². The minimum atomic E-state index is 0.570. The summed E-state index contributed by atoms with van der Waals surface area (Å²) < 4.78 is 10.8. The van der Waals surface area contributed by atoms with E-state index >= 15 is 0 Å². The molecule has 0 radical (unpaired) electrons. The van der Waals surface area contributed by atoms with Gasteiger partial charge in [-0.15, -0.1) is 0 Å². The third-order valence-corrected chi connectivity index (χ3v) is 4.95. The molecule has 0 bridgehead atoms. The van der Waals surface area contributed by atoms with Crippen LogP contribution in [0.3, 0.4) is 0 Å². The van der Waals surface area contributed by atoms with Crippen molar-refractivity contribution in [3.8, 4) is 17.6 Å². The third-order valence-electron chi connectivity index (χ3n) is 4.95. The normalized spacial score (nSPS) is 12.7. The van der Waals surface area contributed by atoms with Gasteiger partial charge in [-0.05, 0) is 47.9 Å². The van der Waals surface area contributed by atoms with Crippen LogP contribution in [0.5, 0.6) is 11.5 Å². The maximum absolute atomic E-state index is 9.28. The van der Waals surface area contributed by atoms with Crippen molar-refractivity contribution in [3.05, 3.63) is 65.4 Å². The SMILES string of the molecule is COc1cc2c(cc1OC)CN(c1nccc(Nc3ccccc3C#N)n1)CC2. The van der Waals surface area contributed by atoms with Gasteiger partial charge in [0.2, 0.25) is 5.95 Å². The summed E-state index contributed by atoms with van der Waals surface area (Å²) in [5.74, 6) is 2.76. The molecule has 1 aliphatic heterocycles. The minimum absolute atomic E-state index is 0.570. The third kappa shape index (κ3) is 3.78. The number of hydrogen-bond donors (Lipinski definition) is 1. The van der Waals surface area contributed by atoms with Gasteiger partial charge in [-0.2, -0.15) is 10.2 Å². The molecule has 7 heteroatoms. The largest absolute Gasteiger partial charge is 0.493 e. The lowest BCUT2D eigenvalue weighted by Crippen LogP contribution is -2.31. The lowest BCUT2D eigenvalue weighted by Gasteiger charge is -2.29. The van der Waals surface area contributed by atoms with E-state index in [0.717, 1.165) is 30.2 Å². The predicted molar refractivity (Wildman–Crippen MR) is 111 cm³/mol. The van der Waals surface area contributed by atoms with Crippen LogP contribution in [-0.4, -0.2) is 30.7 Å². The first kappa shape index (κ1) is 18.6. The maximum atomic E-state index is 9.28. The van der Waals surface area contributed by atoms with Crippen molar-refractivity contribution in [2.75, 3.05) is 31.0 Å². The van der Waals surface area contributed by atoms with Gasteiger partial charge >= 0.3 is 0 Å². The van der Waals surface area contributed by atoms with Crippen molar-refractivity contribution in [1.82, 2.24) is 9.97 Å². The average Bonchev–Trinajstić information content (AvgIpc) is 2.78. The molecule has 0 saturated heterocycles. The van der Waals surface area contributed by atoms with E-state index in [4.69, 9.17) is 9.47 Å². The highest BCUT2D eigenvalue weighted by Crippen LogP contribution is 2.34. The molecule has 0 atom stereocenters. The summed E-state index contributed by atoms with van der Waals surface area (Å²) in [4.78, 5) is 11.2. The van der Waals surface area contributed by atoms with Crippen LogP contribution in [0.2, 0.25) is 0 Å². The second-order valence-electron chi connectivity index (χ2n) is 6.67. The summed E-state index contributed by atoms with van der Waals surface area (Å²) in [6.45, 7) is 1.49. The van der Waals surface area contributed by atoms with E-state index in [1.54, 1.807) is 32.5 Å². The molecule has 0 unspecified atom stereocenters. The van der Waals surface area contributed by atoms with Crippen LogP contribution < -0.4 is 19.7 Å². The number of ether oxygens (including phenoxy) is 2. The zero-order valence-corrected chi connectivity index (χ0v) is 16.3. The summed E-state index contributed by atoms with van der Waals surface area (Å²) in [6.07, 6.45) is 2.59.